The SMILES string of the molecule is OC(CCC1CCCO1)c1cncnc1. The Bertz CT molecular complexity index is 286. The summed E-state index contributed by atoms with van der Waals surface area (Å²) in [7, 11) is 0. The fraction of sp³-hybridized carbons (Fsp3) is 0.636. The van der Waals surface area contributed by atoms with Gasteiger partial charge in [0.15, 0.2) is 0 Å². The van der Waals surface area contributed by atoms with Gasteiger partial charge in [-0.05, 0) is 25.7 Å². The first kappa shape index (κ1) is 10.5. The smallest absolute Gasteiger partial charge is 0.115 e. The Hall–Kier alpha value is -1.00. The second-order valence-corrected chi connectivity index (χ2v) is 3.90. The van der Waals surface area contributed by atoms with Gasteiger partial charge in [-0.1, -0.05) is 0 Å². The van der Waals surface area contributed by atoms with E-state index in [4.69, 9.17) is 4.74 Å². The van der Waals surface area contributed by atoms with Crippen molar-refractivity contribution in [2.45, 2.75) is 37.9 Å². The van der Waals surface area contributed by atoms with E-state index in [0.717, 1.165) is 37.9 Å². The summed E-state index contributed by atoms with van der Waals surface area (Å²) in [6.07, 6.45) is 8.57. The third-order valence-corrected chi connectivity index (χ3v) is 2.75. The number of nitrogens with zero attached hydrogens (tertiary/aromatic N) is 2. The van der Waals surface area contributed by atoms with Gasteiger partial charge in [0, 0.05) is 24.6 Å². The predicted molar refractivity (Wildman–Crippen MR) is 55.2 cm³/mol. The number of aliphatic hydroxyl groups excluding tert-OH is 1. The molecule has 0 radical (unpaired) electrons. The maximum atomic E-state index is 9.85. The second kappa shape index (κ2) is 5.19. The Balaban J connectivity index is 1.79. The lowest BCUT2D eigenvalue weighted by atomic mass is 10.0. The van der Waals surface area contributed by atoms with Crippen molar-refractivity contribution in [2.24, 2.45) is 0 Å². The summed E-state index contributed by atoms with van der Waals surface area (Å²) in [5, 5.41) is 9.85. The Morgan fingerprint density at radius 2 is 2.27 bits per heavy atom. The largest absolute Gasteiger partial charge is 0.388 e. The van der Waals surface area contributed by atoms with Crippen molar-refractivity contribution in [2.75, 3.05) is 6.61 Å². The molecule has 0 saturated carbocycles. The number of aromatic nitrogens is 2. The van der Waals surface area contributed by atoms with E-state index in [1.807, 2.05) is 0 Å². The highest BCUT2D eigenvalue weighted by Gasteiger charge is 2.17. The monoisotopic (exact) mass is 208 g/mol. The molecule has 2 atom stereocenters. The van der Waals surface area contributed by atoms with E-state index in [-0.39, 0.29) is 0 Å². The number of aliphatic hydroxyl groups is 1. The molecule has 82 valence electrons. The van der Waals surface area contributed by atoms with Crippen molar-refractivity contribution in [3.05, 3.63) is 24.3 Å². The molecule has 1 N–H and O–H groups in total. The van der Waals surface area contributed by atoms with Crippen LogP contribution < -0.4 is 0 Å². The summed E-state index contributed by atoms with van der Waals surface area (Å²) in [6.45, 7) is 0.870. The molecule has 4 heteroatoms. The third-order valence-electron chi connectivity index (χ3n) is 2.75. The summed E-state index contributed by atoms with van der Waals surface area (Å²) in [6, 6.07) is 0. The Kier molecular flexibility index (Phi) is 3.64. The third kappa shape index (κ3) is 2.97. The first-order chi connectivity index (χ1) is 7.36. The van der Waals surface area contributed by atoms with Crippen molar-refractivity contribution < 1.29 is 9.84 Å². The lowest BCUT2D eigenvalue weighted by molar-refractivity contribution is 0.0810. The molecule has 2 heterocycles. The molecule has 0 bridgehead atoms. The first-order valence-electron chi connectivity index (χ1n) is 5.41. The van der Waals surface area contributed by atoms with Crippen molar-refractivity contribution in [3.63, 3.8) is 0 Å². The molecule has 2 unspecified atom stereocenters. The zero-order valence-electron chi connectivity index (χ0n) is 8.67. The van der Waals surface area contributed by atoms with Crippen LogP contribution in [0.25, 0.3) is 0 Å². The fourth-order valence-corrected chi connectivity index (χ4v) is 1.87. The molecule has 0 aliphatic carbocycles. The van der Waals surface area contributed by atoms with Crippen LogP contribution in [0.5, 0.6) is 0 Å². The molecule has 4 nitrogen and oxygen atoms in total. The molecule has 2 rings (SSSR count). The highest BCUT2D eigenvalue weighted by atomic mass is 16.5. The van der Waals surface area contributed by atoms with Gasteiger partial charge in [-0.15, -0.1) is 0 Å². The summed E-state index contributed by atoms with van der Waals surface area (Å²) >= 11 is 0. The van der Waals surface area contributed by atoms with Crippen molar-refractivity contribution in [1.29, 1.82) is 0 Å². The molecule has 1 aromatic rings. The molecular formula is C11H16N2O2. The van der Waals surface area contributed by atoms with E-state index in [9.17, 15) is 5.11 Å². The van der Waals surface area contributed by atoms with Crippen LogP contribution in [0.15, 0.2) is 18.7 Å². The zero-order valence-corrected chi connectivity index (χ0v) is 8.67. The highest BCUT2D eigenvalue weighted by molar-refractivity contribution is 5.06. The highest BCUT2D eigenvalue weighted by Crippen LogP contribution is 2.22. The Morgan fingerprint density at radius 1 is 1.47 bits per heavy atom. The Morgan fingerprint density at radius 3 is 2.93 bits per heavy atom. The minimum absolute atomic E-state index is 0.337. The van der Waals surface area contributed by atoms with Crippen molar-refractivity contribution >= 4 is 0 Å². The van der Waals surface area contributed by atoms with Gasteiger partial charge in [-0.25, -0.2) is 9.97 Å². The van der Waals surface area contributed by atoms with Crippen LogP contribution in [0, 0.1) is 0 Å². The van der Waals surface area contributed by atoms with Crippen LogP contribution in [-0.2, 0) is 4.74 Å². The van der Waals surface area contributed by atoms with Crippen molar-refractivity contribution in [3.8, 4) is 0 Å². The first-order valence-corrected chi connectivity index (χ1v) is 5.41. The standard InChI is InChI=1S/C11H16N2O2/c14-11(9-6-12-8-13-7-9)4-3-10-2-1-5-15-10/h6-8,10-11,14H,1-5H2. The number of rotatable bonds is 4. The van der Waals surface area contributed by atoms with E-state index in [1.54, 1.807) is 12.4 Å². The van der Waals surface area contributed by atoms with Gasteiger partial charge in [0.25, 0.3) is 0 Å². The molecule has 1 aliphatic heterocycles. The average Bonchev–Trinajstić information content (AvgIpc) is 2.80. The Labute approximate surface area is 89.3 Å². The summed E-state index contributed by atoms with van der Waals surface area (Å²) in [5.41, 5.74) is 0.787. The van der Waals surface area contributed by atoms with Crippen molar-refractivity contribution in [1.82, 2.24) is 9.97 Å². The maximum Gasteiger partial charge on any atom is 0.115 e. The van der Waals surface area contributed by atoms with Crippen LogP contribution in [0.1, 0.15) is 37.4 Å². The van der Waals surface area contributed by atoms with Gasteiger partial charge in [-0.2, -0.15) is 0 Å². The topological polar surface area (TPSA) is 55.2 Å². The van der Waals surface area contributed by atoms with Gasteiger partial charge >= 0.3 is 0 Å². The molecule has 0 amide bonds. The summed E-state index contributed by atoms with van der Waals surface area (Å²) in [4.78, 5) is 7.77. The van der Waals surface area contributed by atoms with E-state index >= 15 is 0 Å². The van der Waals surface area contributed by atoms with Gasteiger partial charge in [0.2, 0.25) is 0 Å². The van der Waals surface area contributed by atoms with Crippen LogP contribution in [0.4, 0.5) is 0 Å². The van der Waals surface area contributed by atoms with E-state index < -0.39 is 6.10 Å². The lowest BCUT2D eigenvalue weighted by Crippen LogP contribution is -2.08. The molecule has 0 spiro atoms. The average molecular weight is 208 g/mol. The van der Waals surface area contributed by atoms with Gasteiger partial charge < -0.3 is 9.84 Å². The molecule has 15 heavy (non-hydrogen) atoms. The lowest BCUT2D eigenvalue weighted by Gasteiger charge is -2.13. The quantitative estimate of drug-likeness (QED) is 0.814. The van der Waals surface area contributed by atoms with Crippen LogP contribution in [-0.4, -0.2) is 27.8 Å². The van der Waals surface area contributed by atoms with Crippen LogP contribution in [0.2, 0.25) is 0 Å². The molecule has 1 aliphatic rings. The normalized spacial score (nSPS) is 22.9. The second-order valence-electron chi connectivity index (χ2n) is 3.90. The maximum absolute atomic E-state index is 9.85. The molecule has 1 fully saturated rings. The molecule has 1 saturated heterocycles. The zero-order chi connectivity index (χ0) is 10.5. The van der Waals surface area contributed by atoms with E-state index in [2.05, 4.69) is 9.97 Å². The fourth-order valence-electron chi connectivity index (χ4n) is 1.87. The van der Waals surface area contributed by atoms with E-state index in [1.165, 1.54) is 6.33 Å². The van der Waals surface area contributed by atoms with E-state index in [0.29, 0.717) is 6.10 Å². The molecule has 1 aromatic heterocycles. The number of ether oxygens (including phenoxy) is 1. The summed E-state index contributed by atoms with van der Waals surface area (Å²) < 4.78 is 5.50. The minimum Gasteiger partial charge on any atom is -0.388 e. The predicted octanol–water partition coefficient (Wildman–Crippen LogP) is 1.47. The van der Waals surface area contributed by atoms with Gasteiger partial charge in [0.05, 0.1) is 12.2 Å². The van der Waals surface area contributed by atoms with Gasteiger partial charge in [0.1, 0.15) is 6.33 Å². The number of hydrogen-bond acceptors (Lipinski definition) is 4. The van der Waals surface area contributed by atoms with Crippen LogP contribution >= 0.6 is 0 Å². The van der Waals surface area contributed by atoms with Gasteiger partial charge in [-0.3, -0.25) is 0 Å². The minimum atomic E-state index is -0.463. The molecular weight excluding hydrogens is 192 g/mol. The molecule has 0 aromatic carbocycles. The summed E-state index contributed by atoms with van der Waals surface area (Å²) in [5.74, 6) is 0. The number of hydrogen-bond donors (Lipinski definition) is 1. The van der Waals surface area contributed by atoms with Crippen LogP contribution in [0.3, 0.4) is 0 Å².